The van der Waals surface area contributed by atoms with Gasteiger partial charge in [-0.15, -0.1) is 0 Å². The van der Waals surface area contributed by atoms with Gasteiger partial charge < -0.3 is 14.8 Å². The van der Waals surface area contributed by atoms with Gasteiger partial charge in [0.1, 0.15) is 11.0 Å². The van der Waals surface area contributed by atoms with Crippen LogP contribution in [0.5, 0.6) is 0 Å². The molecule has 0 aliphatic heterocycles. The SMILES string of the molecule is CC(C)S(=O)Nc1ccccc1-c1ccc(B(O)O)cc1. The first kappa shape index (κ1) is 15.8. The first-order chi connectivity index (χ1) is 9.99. The van der Waals surface area contributed by atoms with Gasteiger partial charge in [-0.05, 0) is 30.9 Å². The van der Waals surface area contributed by atoms with E-state index in [2.05, 4.69) is 4.72 Å². The lowest BCUT2D eigenvalue weighted by Gasteiger charge is -2.13. The minimum Gasteiger partial charge on any atom is -0.423 e. The zero-order valence-corrected chi connectivity index (χ0v) is 12.8. The molecule has 110 valence electrons. The van der Waals surface area contributed by atoms with Crippen molar-refractivity contribution in [3.63, 3.8) is 0 Å². The average molecular weight is 303 g/mol. The Hall–Kier alpha value is -1.63. The highest BCUT2D eigenvalue weighted by molar-refractivity contribution is 7.86. The molecule has 0 spiro atoms. The molecule has 1 unspecified atom stereocenters. The number of hydrogen-bond acceptors (Lipinski definition) is 3. The summed E-state index contributed by atoms with van der Waals surface area (Å²) in [6.45, 7) is 3.78. The highest BCUT2D eigenvalue weighted by Gasteiger charge is 2.12. The van der Waals surface area contributed by atoms with Gasteiger partial charge in [-0.1, -0.05) is 42.5 Å². The molecule has 0 heterocycles. The summed E-state index contributed by atoms with van der Waals surface area (Å²) in [6.07, 6.45) is 0. The third-order valence-corrected chi connectivity index (χ3v) is 4.36. The van der Waals surface area contributed by atoms with Crippen LogP contribution in [-0.4, -0.2) is 26.6 Å². The molecule has 2 aromatic carbocycles. The maximum Gasteiger partial charge on any atom is 0.488 e. The van der Waals surface area contributed by atoms with Crippen LogP contribution in [-0.2, 0) is 11.0 Å². The topological polar surface area (TPSA) is 69.6 Å². The Bertz CT molecular complexity index is 629. The van der Waals surface area contributed by atoms with E-state index >= 15 is 0 Å². The van der Waals surface area contributed by atoms with Crippen LogP contribution < -0.4 is 10.2 Å². The van der Waals surface area contributed by atoms with Gasteiger partial charge in [0.15, 0.2) is 0 Å². The van der Waals surface area contributed by atoms with Crippen molar-refractivity contribution in [3.8, 4) is 11.1 Å². The molecule has 0 aliphatic carbocycles. The van der Waals surface area contributed by atoms with E-state index < -0.39 is 18.1 Å². The van der Waals surface area contributed by atoms with E-state index in [9.17, 15) is 4.21 Å². The molecule has 0 bridgehead atoms. The molecule has 2 aromatic rings. The molecular formula is C15H18BNO3S. The minimum atomic E-state index is -1.47. The van der Waals surface area contributed by atoms with Gasteiger partial charge in [0.05, 0.1) is 5.69 Å². The molecule has 0 saturated carbocycles. The summed E-state index contributed by atoms with van der Waals surface area (Å²) in [5.41, 5.74) is 3.07. The number of nitrogens with one attached hydrogen (secondary N) is 1. The van der Waals surface area contributed by atoms with Crippen LogP contribution >= 0.6 is 0 Å². The lowest BCUT2D eigenvalue weighted by Crippen LogP contribution is -2.29. The van der Waals surface area contributed by atoms with E-state index in [-0.39, 0.29) is 5.25 Å². The second-order valence-electron chi connectivity index (χ2n) is 4.99. The second kappa shape index (κ2) is 6.89. The van der Waals surface area contributed by atoms with Crippen molar-refractivity contribution < 1.29 is 14.3 Å². The summed E-state index contributed by atoms with van der Waals surface area (Å²) in [4.78, 5) is 0. The molecule has 0 aromatic heterocycles. The largest absolute Gasteiger partial charge is 0.488 e. The van der Waals surface area contributed by atoms with Gasteiger partial charge in [-0.25, -0.2) is 4.21 Å². The fourth-order valence-corrected chi connectivity index (χ4v) is 2.52. The van der Waals surface area contributed by atoms with E-state index in [1.165, 1.54) is 0 Å². The molecule has 0 aliphatic rings. The fourth-order valence-electron chi connectivity index (χ4n) is 1.88. The van der Waals surface area contributed by atoms with E-state index in [0.29, 0.717) is 5.46 Å². The Morgan fingerprint density at radius 2 is 1.67 bits per heavy atom. The molecular weight excluding hydrogens is 285 g/mol. The quantitative estimate of drug-likeness (QED) is 0.734. The van der Waals surface area contributed by atoms with Crippen molar-refractivity contribution in [2.24, 2.45) is 0 Å². The van der Waals surface area contributed by atoms with Crippen LogP contribution in [0.3, 0.4) is 0 Å². The van der Waals surface area contributed by atoms with E-state index in [1.807, 2.05) is 50.2 Å². The fraction of sp³-hybridized carbons (Fsp3) is 0.200. The van der Waals surface area contributed by atoms with E-state index in [4.69, 9.17) is 10.0 Å². The van der Waals surface area contributed by atoms with Crippen LogP contribution in [0.2, 0.25) is 0 Å². The van der Waals surface area contributed by atoms with Gasteiger partial charge in [0.25, 0.3) is 0 Å². The van der Waals surface area contributed by atoms with Crippen LogP contribution in [0.1, 0.15) is 13.8 Å². The summed E-state index contributed by atoms with van der Waals surface area (Å²) in [5, 5.41) is 18.3. The predicted molar refractivity (Wildman–Crippen MR) is 88.6 cm³/mol. The first-order valence-electron chi connectivity index (χ1n) is 6.71. The zero-order valence-electron chi connectivity index (χ0n) is 12.0. The molecule has 4 nitrogen and oxygen atoms in total. The summed E-state index contributed by atoms with van der Waals surface area (Å²) >= 11 is 0. The van der Waals surface area contributed by atoms with Gasteiger partial charge in [-0.2, -0.15) is 0 Å². The van der Waals surface area contributed by atoms with Gasteiger partial charge >= 0.3 is 7.12 Å². The first-order valence-corrected chi connectivity index (χ1v) is 7.93. The Morgan fingerprint density at radius 1 is 1.05 bits per heavy atom. The highest BCUT2D eigenvalue weighted by Crippen LogP contribution is 2.27. The van der Waals surface area contributed by atoms with Crippen molar-refractivity contribution in [1.29, 1.82) is 0 Å². The Labute approximate surface area is 127 Å². The highest BCUT2D eigenvalue weighted by atomic mass is 32.2. The lowest BCUT2D eigenvalue weighted by molar-refractivity contribution is 0.426. The Morgan fingerprint density at radius 3 is 2.24 bits per heavy atom. The number of anilines is 1. The molecule has 3 N–H and O–H groups in total. The molecule has 0 amide bonds. The number of para-hydroxylation sites is 1. The maximum atomic E-state index is 12.0. The normalized spacial score (nSPS) is 12.2. The van der Waals surface area contributed by atoms with Gasteiger partial charge in [0.2, 0.25) is 0 Å². The van der Waals surface area contributed by atoms with Crippen LogP contribution in [0, 0.1) is 0 Å². The van der Waals surface area contributed by atoms with Crippen molar-refractivity contribution in [1.82, 2.24) is 0 Å². The van der Waals surface area contributed by atoms with Crippen molar-refractivity contribution >= 4 is 29.3 Å². The molecule has 2 rings (SSSR count). The van der Waals surface area contributed by atoms with E-state index in [0.717, 1.165) is 16.8 Å². The van der Waals surface area contributed by atoms with Crippen LogP contribution in [0.15, 0.2) is 48.5 Å². The zero-order chi connectivity index (χ0) is 15.4. The lowest BCUT2D eigenvalue weighted by atomic mass is 9.80. The second-order valence-corrected chi connectivity index (χ2v) is 6.73. The predicted octanol–water partition coefficient (Wildman–Crippen LogP) is 1.52. The summed E-state index contributed by atoms with van der Waals surface area (Å²) in [7, 11) is -2.62. The summed E-state index contributed by atoms with van der Waals surface area (Å²) < 4.78 is 15.0. The van der Waals surface area contributed by atoms with Crippen molar-refractivity contribution in [2.75, 3.05) is 4.72 Å². The van der Waals surface area contributed by atoms with Crippen molar-refractivity contribution in [2.45, 2.75) is 19.1 Å². The van der Waals surface area contributed by atoms with Crippen molar-refractivity contribution in [3.05, 3.63) is 48.5 Å². The third kappa shape index (κ3) is 3.94. The standard InChI is InChI=1S/C15H18BNO3S/c1-11(2)21(20)17-15-6-4-3-5-14(15)12-7-9-13(10-8-12)16(18)19/h3-11,17-19H,1-2H3. The van der Waals surface area contributed by atoms with Gasteiger partial charge in [-0.3, -0.25) is 0 Å². The smallest absolute Gasteiger partial charge is 0.423 e. The Kier molecular flexibility index (Phi) is 5.17. The summed E-state index contributed by atoms with van der Waals surface area (Å²) in [6, 6.07) is 14.6. The molecule has 0 saturated heterocycles. The van der Waals surface area contributed by atoms with Crippen LogP contribution in [0.25, 0.3) is 11.1 Å². The maximum absolute atomic E-state index is 12.0. The Balaban J connectivity index is 2.33. The summed E-state index contributed by atoms with van der Waals surface area (Å²) in [5.74, 6) is 0. The molecule has 21 heavy (non-hydrogen) atoms. The van der Waals surface area contributed by atoms with Gasteiger partial charge in [0, 0.05) is 10.8 Å². The third-order valence-electron chi connectivity index (χ3n) is 3.09. The van der Waals surface area contributed by atoms with E-state index in [1.54, 1.807) is 12.1 Å². The molecule has 0 fully saturated rings. The molecule has 0 radical (unpaired) electrons. The molecule has 6 heteroatoms. The monoisotopic (exact) mass is 303 g/mol. The number of hydrogen-bond donors (Lipinski definition) is 3. The minimum absolute atomic E-state index is 0.0185. The molecule has 1 atom stereocenters. The average Bonchev–Trinajstić information content (AvgIpc) is 2.47. The number of benzene rings is 2. The van der Waals surface area contributed by atoms with Crippen LogP contribution in [0.4, 0.5) is 5.69 Å². The number of rotatable bonds is 5.